The fourth-order valence-electron chi connectivity index (χ4n) is 3.99. The number of benzene rings is 2. The number of hydrogen-bond acceptors (Lipinski definition) is 3. The molecular weight excluding hydrogens is 336 g/mol. The molecule has 0 fully saturated rings. The molecule has 0 saturated carbocycles. The van der Waals surface area contributed by atoms with Gasteiger partial charge in [0.15, 0.2) is 0 Å². The summed E-state index contributed by atoms with van der Waals surface area (Å²) in [6, 6.07) is 10.3. The van der Waals surface area contributed by atoms with Crippen LogP contribution in [-0.2, 0) is 6.42 Å². The molecule has 3 N–H and O–H groups in total. The summed E-state index contributed by atoms with van der Waals surface area (Å²) in [7, 11) is 0. The Hall–Kier alpha value is -2.68. The van der Waals surface area contributed by atoms with Gasteiger partial charge in [-0.05, 0) is 72.9 Å². The topological polar surface area (TPSA) is 60.7 Å². The van der Waals surface area contributed by atoms with E-state index in [1.165, 1.54) is 5.57 Å². The number of allylic oxidation sites excluding steroid dienone is 2. The summed E-state index contributed by atoms with van der Waals surface area (Å²) in [6.07, 6.45) is 8.84. The molecule has 3 nitrogen and oxygen atoms in total. The Morgan fingerprint density at radius 3 is 2.15 bits per heavy atom. The van der Waals surface area contributed by atoms with Crippen LogP contribution in [0.2, 0.25) is 0 Å². The maximum absolute atomic E-state index is 10.5. The van der Waals surface area contributed by atoms with Gasteiger partial charge in [0.1, 0.15) is 17.2 Å². The van der Waals surface area contributed by atoms with Gasteiger partial charge in [-0.2, -0.15) is 0 Å². The molecule has 1 unspecified atom stereocenters. The first kappa shape index (κ1) is 19.1. The minimum absolute atomic E-state index is 0.134. The smallest absolute Gasteiger partial charge is 0.123 e. The first-order valence-electron chi connectivity index (χ1n) is 9.45. The Kier molecular flexibility index (Phi) is 5.31. The highest BCUT2D eigenvalue weighted by atomic mass is 16.3. The summed E-state index contributed by atoms with van der Waals surface area (Å²) in [5.74, 6) is 0.798. The van der Waals surface area contributed by atoms with E-state index >= 15 is 0 Å². The van der Waals surface area contributed by atoms with Gasteiger partial charge in [-0.3, -0.25) is 0 Å². The number of phenols is 3. The van der Waals surface area contributed by atoms with Crippen molar-refractivity contribution in [2.24, 2.45) is 11.3 Å². The number of phenolic OH excluding ortho intramolecular Hbond substituents is 3. The van der Waals surface area contributed by atoms with Crippen molar-refractivity contribution in [2.45, 2.75) is 40.0 Å². The highest BCUT2D eigenvalue weighted by molar-refractivity contribution is 5.71. The van der Waals surface area contributed by atoms with Crippen LogP contribution in [0.25, 0.3) is 12.2 Å². The van der Waals surface area contributed by atoms with E-state index in [0.717, 1.165) is 24.0 Å². The van der Waals surface area contributed by atoms with Gasteiger partial charge >= 0.3 is 0 Å². The van der Waals surface area contributed by atoms with Crippen LogP contribution in [-0.4, -0.2) is 15.3 Å². The van der Waals surface area contributed by atoms with E-state index in [-0.39, 0.29) is 22.7 Å². The molecule has 0 heterocycles. The minimum atomic E-state index is 0.134. The molecule has 1 atom stereocenters. The second-order valence-electron chi connectivity index (χ2n) is 8.19. The zero-order valence-electron chi connectivity index (χ0n) is 16.2. The van der Waals surface area contributed by atoms with E-state index in [1.54, 1.807) is 36.4 Å². The molecule has 0 bridgehead atoms. The van der Waals surface area contributed by atoms with Crippen molar-refractivity contribution >= 4 is 12.2 Å². The summed E-state index contributed by atoms with van der Waals surface area (Å²) in [4.78, 5) is 0. The van der Waals surface area contributed by atoms with Gasteiger partial charge in [-0.1, -0.05) is 49.8 Å². The third kappa shape index (κ3) is 4.36. The van der Waals surface area contributed by atoms with Crippen LogP contribution >= 0.6 is 0 Å². The van der Waals surface area contributed by atoms with Crippen molar-refractivity contribution in [1.82, 2.24) is 0 Å². The van der Waals surface area contributed by atoms with Crippen molar-refractivity contribution in [2.75, 3.05) is 0 Å². The van der Waals surface area contributed by atoms with Gasteiger partial charge in [-0.25, -0.2) is 0 Å². The van der Waals surface area contributed by atoms with Crippen LogP contribution in [0.15, 0.2) is 48.0 Å². The fourth-order valence-corrected chi connectivity index (χ4v) is 3.99. The molecule has 0 amide bonds. The number of aromatic hydroxyl groups is 3. The molecule has 0 radical (unpaired) electrons. The Bertz CT molecular complexity index is 850. The van der Waals surface area contributed by atoms with Crippen molar-refractivity contribution in [1.29, 1.82) is 0 Å². The average Bonchev–Trinajstić information content (AvgIpc) is 2.59. The Morgan fingerprint density at radius 1 is 0.963 bits per heavy atom. The van der Waals surface area contributed by atoms with Crippen LogP contribution in [0.5, 0.6) is 17.2 Å². The quantitative estimate of drug-likeness (QED) is 0.468. The van der Waals surface area contributed by atoms with Gasteiger partial charge in [0.2, 0.25) is 0 Å². The molecule has 1 aliphatic carbocycles. The normalized spacial score (nSPS) is 19.2. The average molecular weight is 364 g/mol. The van der Waals surface area contributed by atoms with Crippen molar-refractivity contribution < 1.29 is 15.3 Å². The Labute approximate surface area is 161 Å². The fraction of sp³-hybridized carbons (Fsp3) is 0.333. The molecule has 0 aromatic heterocycles. The highest BCUT2D eigenvalue weighted by Gasteiger charge is 2.33. The zero-order chi connectivity index (χ0) is 19.6. The molecule has 2 aromatic carbocycles. The minimum Gasteiger partial charge on any atom is -0.508 e. The van der Waals surface area contributed by atoms with Gasteiger partial charge in [0.25, 0.3) is 0 Å². The predicted octanol–water partition coefficient (Wildman–Crippen LogP) is 5.90. The molecule has 1 aliphatic rings. The van der Waals surface area contributed by atoms with E-state index in [1.807, 2.05) is 12.2 Å². The van der Waals surface area contributed by atoms with Crippen LogP contribution in [0.4, 0.5) is 0 Å². The standard InChI is InChI=1S/C24H28O3/c1-16-5-4-12-24(2,3)21(16)15-20-22(26)13-18(14-23(20)27)7-6-17-8-10-19(25)11-9-17/h5-11,13-14,21,25-27H,4,12,15H2,1-3H3. The Morgan fingerprint density at radius 2 is 1.56 bits per heavy atom. The van der Waals surface area contributed by atoms with Crippen LogP contribution in [0.1, 0.15) is 50.3 Å². The summed E-state index contributed by atoms with van der Waals surface area (Å²) < 4.78 is 0. The molecule has 2 aromatic rings. The highest BCUT2D eigenvalue weighted by Crippen LogP contribution is 2.45. The lowest BCUT2D eigenvalue weighted by atomic mass is 9.66. The van der Waals surface area contributed by atoms with Gasteiger partial charge in [0.05, 0.1) is 0 Å². The first-order chi connectivity index (χ1) is 12.8. The number of rotatable bonds is 4. The van der Waals surface area contributed by atoms with E-state index < -0.39 is 0 Å². The number of hydrogen-bond donors (Lipinski definition) is 3. The van der Waals surface area contributed by atoms with E-state index in [2.05, 4.69) is 26.8 Å². The maximum atomic E-state index is 10.5. The maximum Gasteiger partial charge on any atom is 0.123 e. The van der Waals surface area contributed by atoms with Crippen molar-refractivity contribution in [3.05, 3.63) is 64.7 Å². The van der Waals surface area contributed by atoms with Gasteiger partial charge in [-0.15, -0.1) is 0 Å². The molecule has 142 valence electrons. The summed E-state index contributed by atoms with van der Waals surface area (Å²) in [5, 5.41) is 30.4. The van der Waals surface area contributed by atoms with Gasteiger partial charge < -0.3 is 15.3 Å². The zero-order valence-corrected chi connectivity index (χ0v) is 16.2. The van der Waals surface area contributed by atoms with E-state index in [0.29, 0.717) is 17.9 Å². The van der Waals surface area contributed by atoms with E-state index in [9.17, 15) is 15.3 Å². The third-order valence-electron chi connectivity index (χ3n) is 5.74. The largest absolute Gasteiger partial charge is 0.508 e. The van der Waals surface area contributed by atoms with E-state index in [4.69, 9.17) is 0 Å². The molecular formula is C24H28O3. The lowest BCUT2D eigenvalue weighted by Gasteiger charge is -2.38. The predicted molar refractivity (Wildman–Crippen MR) is 111 cm³/mol. The molecule has 0 aliphatic heterocycles. The molecule has 0 spiro atoms. The molecule has 3 rings (SSSR count). The summed E-state index contributed by atoms with van der Waals surface area (Å²) in [5.41, 5.74) is 3.76. The van der Waals surface area contributed by atoms with Crippen molar-refractivity contribution in [3.8, 4) is 17.2 Å². The summed E-state index contributed by atoms with van der Waals surface area (Å²) in [6.45, 7) is 6.67. The molecule has 3 heteroatoms. The lowest BCUT2D eigenvalue weighted by molar-refractivity contribution is 0.211. The first-order valence-corrected chi connectivity index (χ1v) is 9.45. The second kappa shape index (κ2) is 7.51. The monoisotopic (exact) mass is 364 g/mol. The second-order valence-corrected chi connectivity index (χ2v) is 8.19. The summed E-state index contributed by atoms with van der Waals surface area (Å²) >= 11 is 0. The molecule has 0 saturated heterocycles. The van der Waals surface area contributed by atoms with Crippen molar-refractivity contribution in [3.63, 3.8) is 0 Å². The van der Waals surface area contributed by atoms with Crippen LogP contribution in [0, 0.1) is 11.3 Å². The SMILES string of the molecule is CC1=CCCC(C)(C)C1Cc1c(O)cc(C=Cc2ccc(O)cc2)cc1O. The van der Waals surface area contributed by atoms with Crippen LogP contribution < -0.4 is 0 Å². The van der Waals surface area contributed by atoms with Crippen LogP contribution in [0.3, 0.4) is 0 Å². The Balaban J connectivity index is 1.83. The van der Waals surface area contributed by atoms with Gasteiger partial charge in [0, 0.05) is 5.56 Å². The lowest BCUT2D eigenvalue weighted by Crippen LogP contribution is -2.29. The molecule has 27 heavy (non-hydrogen) atoms. The third-order valence-corrected chi connectivity index (χ3v) is 5.74.